The highest BCUT2D eigenvalue weighted by Crippen LogP contribution is 2.14. The molecule has 0 saturated heterocycles. The van der Waals surface area contributed by atoms with Crippen molar-refractivity contribution in [3.63, 3.8) is 0 Å². The van der Waals surface area contributed by atoms with Crippen molar-refractivity contribution in [1.29, 1.82) is 0 Å². The quantitative estimate of drug-likeness (QED) is 0.238. The average Bonchev–Trinajstić information content (AvgIpc) is 2.97. The molecule has 0 aliphatic heterocycles. The number of hydrogen-bond acceptors (Lipinski definition) is 5. The van der Waals surface area contributed by atoms with Crippen LogP contribution in [0, 0.1) is 0 Å². The minimum absolute atomic E-state index is 0.0885. The first-order valence-electron chi connectivity index (χ1n) is 13.8. The van der Waals surface area contributed by atoms with Crippen molar-refractivity contribution in [3.05, 3.63) is 107 Å². The second-order valence-electron chi connectivity index (χ2n) is 9.76. The third-order valence-electron chi connectivity index (χ3n) is 6.68. The molecule has 3 aromatic carbocycles. The number of benzene rings is 3. The SMILES string of the molecule is CCCN(CCC)C(=O)c1cccc(C(=O)N[C@@H](Cc2ccccc2)[C@H](O)CN[C@H](CO)c2ccccc2)c1. The standard InChI is InChI=1S/C32H41N3O4/c1-3-18-35(19-4-2)32(39)27-17-11-16-26(21-27)31(38)34-28(20-24-12-7-5-8-13-24)30(37)22-33-29(23-36)25-14-9-6-10-15-25/h5-17,21,28-30,33,36-37H,3-4,18-20,22-23H2,1-2H3,(H,34,38)/t28-,29+,30+/m0/s1. The Balaban J connectivity index is 1.75. The van der Waals surface area contributed by atoms with Crippen LogP contribution in [0.15, 0.2) is 84.9 Å². The predicted molar refractivity (Wildman–Crippen MR) is 155 cm³/mol. The molecule has 3 aromatic rings. The van der Waals surface area contributed by atoms with E-state index in [0.717, 1.165) is 24.0 Å². The summed E-state index contributed by atoms with van der Waals surface area (Å²) < 4.78 is 0. The molecule has 0 aromatic heterocycles. The van der Waals surface area contributed by atoms with Crippen LogP contribution in [0.3, 0.4) is 0 Å². The van der Waals surface area contributed by atoms with Gasteiger partial charge < -0.3 is 25.7 Å². The summed E-state index contributed by atoms with van der Waals surface area (Å²) in [6.07, 6.45) is 1.21. The van der Waals surface area contributed by atoms with Crippen molar-refractivity contribution >= 4 is 11.8 Å². The van der Waals surface area contributed by atoms with E-state index in [1.54, 1.807) is 24.3 Å². The van der Waals surface area contributed by atoms with E-state index in [2.05, 4.69) is 10.6 Å². The Labute approximate surface area is 231 Å². The number of carbonyl (C=O) groups is 2. The molecule has 0 fully saturated rings. The third kappa shape index (κ3) is 9.03. The lowest BCUT2D eigenvalue weighted by Crippen LogP contribution is -2.49. The van der Waals surface area contributed by atoms with Crippen molar-refractivity contribution in [2.24, 2.45) is 0 Å². The minimum atomic E-state index is -0.929. The highest BCUT2D eigenvalue weighted by molar-refractivity contribution is 5.99. The second-order valence-corrected chi connectivity index (χ2v) is 9.76. The van der Waals surface area contributed by atoms with Gasteiger partial charge in [-0.1, -0.05) is 80.6 Å². The van der Waals surface area contributed by atoms with E-state index in [1.807, 2.05) is 79.4 Å². The Morgan fingerprint density at radius 2 is 1.46 bits per heavy atom. The molecule has 0 spiro atoms. The first kappa shape index (κ1) is 30.0. The summed E-state index contributed by atoms with van der Waals surface area (Å²) in [5.74, 6) is -0.446. The molecule has 0 aliphatic rings. The number of hydrogen-bond donors (Lipinski definition) is 4. The maximum absolute atomic E-state index is 13.4. The van der Waals surface area contributed by atoms with Crippen LogP contribution in [0.4, 0.5) is 0 Å². The van der Waals surface area contributed by atoms with Crippen molar-refractivity contribution in [1.82, 2.24) is 15.5 Å². The monoisotopic (exact) mass is 531 g/mol. The molecule has 0 bridgehead atoms. The zero-order valence-electron chi connectivity index (χ0n) is 22.9. The van der Waals surface area contributed by atoms with E-state index in [4.69, 9.17) is 0 Å². The van der Waals surface area contributed by atoms with E-state index in [0.29, 0.717) is 30.6 Å². The second kappa shape index (κ2) is 15.8. The van der Waals surface area contributed by atoms with Gasteiger partial charge in [-0.05, 0) is 48.6 Å². The van der Waals surface area contributed by atoms with Crippen LogP contribution in [0.5, 0.6) is 0 Å². The fourth-order valence-corrected chi connectivity index (χ4v) is 4.61. The van der Waals surface area contributed by atoms with Gasteiger partial charge in [0.15, 0.2) is 0 Å². The molecule has 0 saturated carbocycles. The molecule has 7 heteroatoms. The fourth-order valence-electron chi connectivity index (χ4n) is 4.61. The normalized spacial score (nSPS) is 13.3. The summed E-state index contributed by atoms with van der Waals surface area (Å²) in [5, 5.41) is 27.3. The zero-order chi connectivity index (χ0) is 28.0. The largest absolute Gasteiger partial charge is 0.394 e. The average molecular weight is 532 g/mol. The topological polar surface area (TPSA) is 102 Å². The van der Waals surface area contributed by atoms with Crippen molar-refractivity contribution in [2.45, 2.75) is 51.3 Å². The van der Waals surface area contributed by atoms with Gasteiger partial charge in [-0.3, -0.25) is 9.59 Å². The van der Waals surface area contributed by atoms with Crippen molar-refractivity contribution < 1.29 is 19.8 Å². The van der Waals surface area contributed by atoms with Gasteiger partial charge in [-0.15, -0.1) is 0 Å². The molecule has 7 nitrogen and oxygen atoms in total. The van der Waals surface area contributed by atoms with Gasteiger partial charge in [0.1, 0.15) is 0 Å². The molecule has 3 rings (SSSR count). The first-order chi connectivity index (χ1) is 19.0. The molecule has 2 amide bonds. The summed E-state index contributed by atoms with van der Waals surface area (Å²) in [7, 11) is 0. The number of nitrogens with zero attached hydrogens (tertiary/aromatic N) is 1. The Morgan fingerprint density at radius 3 is 2.08 bits per heavy atom. The molecule has 0 aliphatic carbocycles. The number of amides is 2. The van der Waals surface area contributed by atoms with Crippen LogP contribution in [0.25, 0.3) is 0 Å². The lowest BCUT2D eigenvalue weighted by Gasteiger charge is -2.27. The number of rotatable bonds is 15. The highest BCUT2D eigenvalue weighted by atomic mass is 16.3. The molecule has 0 radical (unpaired) electrons. The fraction of sp³-hybridized carbons (Fsp3) is 0.375. The summed E-state index contributed by atoms with van der Waals surface area (Å²) in [6, 6.07) is 25.0. The molecule has 0 heterocycles. The van der Waals surface area contributed by atoms with Gasteiger partial charge >= 0.3 is 0 Å². The van der Waals surface area contributed by atoms with Crippen molar-refractivity contribution in [3.8, 4) is 0 Å². The van der Waals surface area contributed by atoms with Crippen LogP contribution in [0.1, 0.15) is 64.6 Å². The number of aliphatic hydroxyl groups is 2. The van der Waals surface area contributed by atoms with Gasteiger partial charge in [0, 0.05) is 30.8 Å². The number of nitrogens with one attached hydrogen (secondary N) is 2. The Hall–Kier alpha value is -3.52. The molecule has 4 N–H and O–H groups in total. The van der Waals surface area contributed by atoms with E-state index >= 15 is 0 Å². The van der Waals surface area contributed by atoms with Crippen LogP contribution >= 0.6 is 0 Å². The zero-order valence-corrected chi connectivity index (χ0v) is 22.9. The molecular formula is C32H41N3O4. The van der Waals surface area contributed by atoms with Crippen LogP contribution in [-0.2, 0) is 6.42 Å². The summed E-state index contributed by atoms with van der Waals surface area (Å²) in [6.45, 7) is 5.45. The Morgan fingerprint density at radius 1 is 0.846 bits per heavy atom. The Kier molecular flexibility index (Phi) is 12.2. The number of aliphatic hydroxyl groups excluding tert-OH is 2. The molecular weight excluding hydrogens is 490 g/mol. The molecule has 39 heavy (non-hydrogen) atoms. The van der Waals surface area contributed by atoms with E-state index in [1.165, 1.54) is 0 Å². The van der Waals surface area contributed by atoms with E-state index in [9.17, 15) is 19.8 Å². The first-order valence-corrected chi connectivity index (χ1v) is 13.8. The predicted octanol–water partition coefficient (Wildman–Crippen LogP) is 3.97. The minimum Gasteiger partial charge on any atom is -0.394 e. The maximum atomic E-state index is 13.4. The summed E-state index contributed by atoms with van der Waals surface area (Å²) in [5.41, 5.74) is 2.73. The lowest BCUT2D eigenvalue weighted by molar-refractivity contribution is 0.0755. The van der Waals surface area contributed by atoms with Crippen LogP contribution < -0.4 is 10.6 Å². The van der Waals surface area contributed by atoms with E-state index < -0.39 is 12.1 Å². The Bertz CT molecular complexity index is 1150. The van der Waals surface area contributed by atoms with Gasteiger partial charge in [0.25, 0.3) is 11.8 Å². The van der Waals surface area contributed by atoms with Crippen LogP contribution in [0.2, 0.25) is 0 Å². The number of carbonyl (C=O) groups excluding carboxylic acids is 2. The van der Waals surface area contributed by atoms with E-state index in [-0.39, 0.29) is 31.0 Å². The summed E-state index contributed by atoms with van der Waals surface area (Å²) >= 11 is 0. The molecule has 0 unspecified atom stereocenters. The summed E-state index contributed by atoms with van der Waals surface area (Å²) in [4.78, 5) is 28.3. The molecule has 208 valence electrons. The lowest BCUT2D eigenvalue weighted by atomic mass is 9.99. The highest BCUT2D eigenvalue weighted by Gasteiger charge is 2.24. The van der Waals surface area contributed by atoms with Gasteiger partial charge in [-0.2, -0.15) is 0 Å². The van der Waals surface area contributed by atoms with Crippen LogP contribution in [-0.4, -0.2) is 65.3 Å². The van der Waals surface area contributed by atoms with Gasteiger partial charge in [0.2, 0.25) is 0 Å². The third-order valence-corrected chi connectivity index (χ3v) is 6.68. The smallest absolute Gasteiger partial charge is 0.253 e. The molecule has 3 atom stereocenters. The van der Waals surface area contributed by atoms with Gasteiger partial charge in [0.05, 0.1) is 24.8 Å². The van der Waals surface area contributed by atoms with Gasteiger partial charge in [-0.25, -0.2) is 0 Å². The van der Waals surface area contributed by atoms with Crippen molar-refractivity contribution in [2.75, 3.05) is 26.2 Å². The maximum Gasteiger partial charge on any atom is 0.253 e.